The molecule has 0 spiro atoms. The lowest BCUT2D eigenvalue weighted by Crippen LogP contribution is -2.16. The van der Waals surface area contributed by atoms with Crippen molar-refractivity contribution in [3.63, 3.8) is 0 Å². The first-order chi connectivity index (χ1) is 11.0. The normalized spacial score (nSPS) is 10.9. The molecule has 3 N–H and O–H groups in total. The van der Waals surface area contributed by atoms with Crippen molar-refractivity contribution in [1.29, 1.82) is 0 Å². The highest BCUT2D eigenvalue weighted by molar-refractivity contribution is 6.07. The summed E-state index contributed by atoms with van der Waals surface area (Å²) < 4.78 is 6.37. The number of H-pyrrole nitrogens is 1. The molecule has 0 unspecified atom stereocenters. The van der Waals surface area contributed by atoms with Crippen LogP contribution in [0.3, 0.4) is 0 Å². The average Bonchev–Trinajstić information content (AvgIpc) is 3.01. The third-order valence-corrected chi connectivity index (χ3v) is 3.74. The summed E-state index contributed by atoms with van der Waals surface area (Å²) in [6.07, 6.45) is 3.16. The monoisotopic (exact) mass is 312 g/mol. The number of hydrogen-bond acceptors (Lipinski definition) is 5. The minimum Gasteiger partial charge on any atom is -0.465 e. The van der Waals surface area contributed by atoms with E-state index in [0.717, 1.165) is 11.3 Å². The smallest absolute Gasteiger partial charge is 0.340 e. The lowest BCUT2D eigenvalue weighted by molar-refractivity contribution is 0.0602. The van der Waals surface area contributed by atoms with Crippen LogP contribution in [0.1, 0.15) is 17.3 Å². The molecule has 0 atom stereocenters. The first kappa shape index (κ1) is 14.8. The van der Waals surface area contributed by atoms with Crippen molar-refractivity contribution < 1.29 is 9.53 Å². The fraction of sp³-hybridized carbons (Fsp3) is 0.188. The van der Waals surface area contributed by atoms with Gasteiger partial charge >= 0.3 is 5.97 Å². The average molecular weight is 312 g/mol. The number of esters is 1. The van der Waals surface area contributed by atoms with Crippen LogP contribution in [0.15, 0.2) is 35.4 Å². The summed E-state index contributed by atoms with van der Waals surface area (Å²) in [4.78, 5) is 30.8. The summed E-state index contributed by atoms with van der Waals surface area (Å²) in [7, 11) is 1.31. The number of pyridine rings is 2. The van der Waals surface area contributed by atoms with Gasteiger partial charge < -0.3 is 20.0 Å². The fourth-order valence-electron chi connectivity index (χ4n) is 2.50. The molecule has 7 heteroatoms. The van der Waals surface area contributed by atoms with E-state index >= 15 is 0 Å². The van der Waals surface area contributed by atoms with Crippen LogP contribution >= 0.6 is 0 Å². The number of fused-ring (bicyclic) bond motifs is 1. The predicted octanol–water partition coefficient (Wildman–Crippen LogP) is 1.78. The summed E-state index contributed by atoms with van der Waals surface area (Å²) >= 11 is 0. The molecule has 0 aliphatic rings. The second-order valence-electron chi connectivity index (χ2n) is 5.06. The van der Waals surface area contributed by atoms with Crippen LogP contribution < -0.4 is 11.3 Å². The molecule has 0 amide bonds. The van der Waals surface area contributed by atoms with Gasteiger partial charge in [0.1, 0.15) is 5.82 Å². The molecular formula is C16H16N4O3. The van der Waals surface area contributed by atoms with Crippen molar-refractivity contribution in [3.8, 4) is 11.3 Å². The van der Waals surface area contributed by atoms with E-state index in [4.69, 9.17) is 10.5 Å². The number of nitrogen functional groups attached to an aromatic ring is 1. The van der Waals surface area contributed by atoms with E-state index in [1.165, 1.54) is 19.4 Å². The highest BCUT2D eigenvalue weighted by Gasteiger charge is 2.16. The molecule has 3 aromatic heterocycles. The molecule has 3 rings (SSSR count). The number of carbonyl (C=O) groups is 1. The molecular weight excluding hydrogens is 296 g/mol. The van der Waals surface area contributed by atoms with Crippen molar-refractivity contribution in [3.05, 3.63) is 46.5 Å². The third-order valence-electron chi connectivity index (χ3n) is 3.74. The molecule has 3 aromatic rings. The van der Waals surface area contributed by atoms with E-state index in [1.54, 1.807) is 22.9 Å². The van der Waals surface area contributed by atoms with E-state index in [1.807, 2.05) is 6.92 Å². The van der Waals surface area contributed by atoms with Crippen LogP contribution in [-0.4, -0.2) is 27.6 Å². The number of hydrogen-bond donors (Lipinski definition) is 2. The van der Waals surface area contributed by atoms with Crippen molar-refractivity contribution in [1.82, 2.24) is 14.5 Å². The maximum atomic E-state index is 11.9. The Kier molecular flexibility index (Phi) is 3.61. The zero-order valence-electron chi connectivity index (χ0n) is 12.8. The molecule has 0 aliphatic carbocycles. The van der Waals surface area contributed by atoms with Crippen LogP contribution in [0.4, 0.5) is 5.82 Å². The van der Waals surface area contributed by atoms with Gasteiger partial charge in [0.25, 0.3) is 5.56 Å². The number of aromatic amines is 1. The van der Waals surface area contributed by atoms with Crippen LogP contribution in [0.5, 0.6) is 0 Å². The molecule has 0 aliphatic heterocycles. The molecule has 0 bridgehead atoms. The summed E-state index contributed by atoms with van der Waals surface area (Å²) in [5.41, 5.74) is 8.29. The Hall–Kier alpha value is -3.09. The number of anilines is 1. The maximum Gasteiger partial charge on any atom is 0.340 e. The molecule has 0 saturated carbocycles. The van der Waals surface area contributed by atoms with Gasteiger partial charge in [0.15, 0.2) is 0 Å². The first-order valence-electron chi connectivity index (χ1n) is 7.11. The van der Waals surface area contributed by atoms with Crippen LogP contribution in [0.2, 0.25) is 0 Å². The van der Waals surface area contributed by atoms with Gasteiger partial charge in [0, 0.05) is 41.6 Å². The summed E-state index contributed by atoms with van der Waals surface area (Å²) in [5.74, 6) is -0.186. The maximum absolute atomic E-state index is 11.9. The Bertz CT molecular complexity index is 956. The van der Waals surface area contributed by atoms with E-state index in [2.05, 4.69) is 9.97 Å². The van der Waals surface area contributed by atoms with Crippen LogP contribution in [0.25, 0.3) is 22.2 Å². The van der Waals surface area contributed by atoms with Gasteiger partial charge in [-0.05, 0) is 19.1 Å². The lowest BCUT2D eigenvalue weighted by Gasteiger charge is -2.03. The fourth-order valence-corrected chi connectivity index (χ4v) is 2.50. The van der Waals surface area contributed by atoms with Gasteiger partial charge in [-0.25, -0.2) is 9.78 Å². The van der Waals surface area contributed by atoms with Crippen LogP contribution in [-0.2, 0) is 11.3 Å². The highest BCUT2D eigenvalue weighted by Crippen LogP contribution is 2.28. The topological polar surface area (TPSA) is 103 Å². The quantitative estimate of drug-likeness (QED) is 0.718. The van der Waals surface area contributed by atoms with E-state index in [0.29, 0.717) is 28.8 Å². The Balaban J connectivity index is 2.22. The number of ether oxygens (including phenoxy) is 1. The zero-order chi connectivity index (χ0) is 16.6. The lowest BCUT2D eigenvalue weighted by atomic mass is 10.1. The van der Waals surface area contributed by atoms with E-state index in [-0.39, 0.29) is 5.56 Å². The van der Waals surface area contributed by atoms with Crippen molar-refractivity contribution in [2.75, 3.05) is 12.8 Å². The molecule has 0 saturated heterocycles. The number of nitrogens with zero attached hydrogens (tertiary/aromatic N) is 2. The van der Waals surface area contributed by atoms with Gasteiger partial charge in [0.2, 0.25) is 0 Å². The van der Waals surface area contributed by atoms with Gasteiger partial charge in [0.05, 0.1) is 18.2 Å². The van der Waals surface area contributed by atoms with Crippen molar-refractivity contribution in [2.45, 2.75) is 13.5 Å². The molecule has 0 aromatic carbocycles. The second kappa shape index (κ2) is 5.60. The van der Waals surface area contributed by atoms with E-state index in [9.17, 15) is 9.59 Å². The number of aryl methyl sites for hydroxylation is 1. The largest absolute Gasteiger partial charge is 0.465 e. The molecule has 118 valence electrons. The Morgan fingerprint density at radius 1 is 1.43 bits per heavy atom. The standard InChI is InChI=1S/C16H16N4O3/c1-3-20-8-9(4-5-13(20)21)12-6-10-11(16(22)23-2)7-18-15(17)14(10)19-12/h4-8,19H,3H2,1-2H3,(H2,17,18). The minimum absolute atomic E-state index is 0.0659. The van der Waals surface area contributed by atoms with Crippen molar-refractivity contribution >= 4 is 22.7 Å². The van der Waals surface area contributed by atoms with Crippen molar-refractivity contribution in [2.24, 2.45) is 0 Å². The minimum atomic E-state index is -0.480. The number of methoxy groups -OCH3 is 1. The molecule has 7 nitrogen and oxygen atoms in total. The third kappa shape index (κ3) is 2.46. The zero-order valence-corrected chi connectivity index (χ0v) is 12.8. The highest BCUT2D eigenvalue weighted by atomic mass is 16.5. The van der Waals surface area contributed by atoms with Crippen LogP contribution in [0, 0.1) is 0 Å². The molecule has 23 heavy (non-hydrogen) atoms. The number of nitrogens with one attached hydrogen (secondary N) is 1. The van der Waals surface area contributed by atoms with Gasteiger partial charge in [-0.15, -0.1) is 0 Å². The number of carbonyl (C=O) groups excluding carboxylic acids is 1. The summed E-state index contributed by atoms with van der Waals surface area (Å²) in [6.45, 7) is 2.47. The van der Waals surface area contributed by atoms with Gasteiger partial charge in [-0.3, -0.25) is 4.79 Å². The number of aromatic nitrogens is 3. The predicted molar refractivity (Wildman–Crippen MR) is 87.2 cm³/mol. The molecule has 0 radical (unpaired) electrons. The second-order valence-corrected chi connectivity index (χ2v) is 5.06. The summed E-state index contributed by atoms with van der Waals surface area (Å²) in [5, 5.41) is 0.633. The van der Waals surface area contributed by atoms with E-state index < -0.39 is 5.97 Å². The number of rotatable bonds is 3. The number of nitrogens with two attached hydrogens (primary N) is 1. The first-order valence-corrected chi connectivity index (χ1v) is 7.11. The SMILES string of the molecule is CCn1cc(-c2cc3c(C(=O)OC)cnc(N)c3[nH]2)ccc1=O. The van der Waals surface area contributed by atoms with Gasteiger partial charge in [-0.2, -0.15) is 0 Å². The Morgan fingerprint density at radius 3 is 2.91 bits per heavy atom. The molecule has 0 fully saturated rings. The van der Waals surface area contributed by atoms with Gasteiger partial charge in [-0.1, -0.05) is 0 Å². The molecule has 3 heterocycles. The Morgan fingerprint density at radius 2 is 2.22 bits per heavy atom. The Labute approximate surface area is 131 Å². The summed E-state index contributed by atoms with van der Waals surface area (Å²) in [6, 6.07) is 5.03.